The Hall–Kier alpha value is -0.820. The van der Waals surface area contributed by atoms with Gasteiger partial charge in [-0.3, -0.25) is 0 Å². The summed E-state index contributed by atoms with van der Waals surface area (Å²) in [6, 6.07) is 4.54. The van der Waals surface area contributed by atoms with Crippen LogP contribution in [0, 0.1) is 13.8 Å². The smallest absolute Gasteiger partial charge is 0.0718 e. The normalized spacial score (nSPS) is 11.0. The molecule has 0 amide bonds. The molecule has 0 unspecified atom stereocenters. The molecule has 1 aromatic carbocycles. The van der Waals surface area contributed by atoms with Gasteiger partial charge in [-0.05, 0) is 42.0 Å². The van der Waals surface area contributed by atoms with Gasteiger partial charge in [0.2, 0.25) is 0 Å². The average Bonchev–Trinajstić information content (AvgIpc) is 2.10. The van der Waals surface area contributed by atoms with E-state index in [1.165, 1.54) is 22.3 Å². The maximum absolute atomic E-state index is 5.19. The van der Waals surface area contributed by atoms with Crippen LogP contribution in [-0.4, -0.2) is 7.11 Å². The second-order valence-corrected chi connectivity index (χ2v) is 4.22. The van der Waals surface area contributed by atoms with Crippen LogP contribution < -0.4 is 0 Å². The monoisotopic (exact) mass is 192 g/mol. The number of ether oxygens (including phenoxy) is 1. The van der Waals surface area contributed by atoms with E-state index in [9.17, 15) is 0 Å². The van der Waals surface area contributed by atoms with Crippen molar-refractivity contribution in [1.82, 2.24) is 0 Å². The molecule has 0 bridgehead atoms. The van der Waals surface area contributed by atoms with Gasteiger partial charge in [0.15, 0.2) is 0 Å². The number of hydrogen-bond donors (Lipinski definition) is 0. The van der Waals surface area contributed by atoms with Crippen LogP contribution in [0.2, 0.25) is 0 Å². The van der Waals surface area contributed by atoms with Gasteiger partial charge in [0, 0.05) is 7.11 Å². The van der Waals surface area contributed by atoms with Crippen LogP contribution in [0.3, 0.4) is 0 Å². The Morgan fingerprint density at radius 2 is 1.64 bits per heavy atom. The van der Waals surface area contributed by atoms with E-state index in [0.717, 1.165) is 6.61 Å². The summed E-state index contributed by atoms with van der Waals surface area (Å²) in [5.41, 5.74) is 5.43. The topological polar surface area (TPSA) is 9.23 Å². The summed E-state index contributed by atoms with van der Waals surface area (Å²) in [5.74, 6) is 0.601. The van der Waals surface area contributed by atoms with Crippen molar-refractivity contribution in [3.05, 3.63) is 34.4 Å². The second-order valence-electron chi connectivity index (χ2n) is 4.22. The van der Waals surface area contributed by atoms with Crippen LogP contribution in [0.25, 0.3) is 0 Å². The molecule has 0 atom stereocenters. The number of hydrogen-bond acceptors (Lipinski definition) is 1. The van der Waals surface area contributed by atoms with Gasteiger partial charge in [0.1, 0.15) is 0 Å². The summed E-state index contributed by atoms with van der Waals surface area (Å²) in [4.78, 5) is 0. The molecular weight excluding hydrogens is 172 g/mol. The van der Waals surface area contributed by atoms with Crippen LogP contribution in [0.4, 0.5) is 0 Å². The molecule has 0 aromatic heterocycles. The lowest BCUT2D eigenvalue weighted by Crippen LogP contribution is -1.99. The van der Waals surface area contributed by atoms with Gasteiger partial charge in [-0.15, -0.1) is 0 Å². The van der Waals surface area contributed by atoms with Gasteiger partial charge in [-0.1, -0.05) is 26.0 Å². The maximum Gasteiger partial charge on any atom is 0.0718 e. The van der Waals surface area contributed by atoms with Gasteiger partial charge in [0.05, 0.1) is 6.61 Å². The van der Waals surface area contributed by atoms with Crippen molar-refractivity contribution in [1.29, 1.82) is 0 Å². The van der Waals surface area contributed by atoms with E-state index < -0.39 is 0 Å². The molecule has 0 aliphatic rings. The molecule has 0 radical (unpaired) electrons. The van der Waals surface area contributed by atoms with Crippen molar-refractivity contribution < 1.29 is 4.74 Å². The van der Waals surface area contributed by atoms with E-state index in [1.807, 2.05) is 0 Å². The third-order valence-corrected chi connectivity index (χ3v) is 2.67. The van der Waals surface area contributed by atoms with Crippen LogP contribution in [0.1, 0.15) is 42.0 Å². The van der Waals surface area contributed by atoms with Gasteiger partial charge < -0.3 is 4.74 Å². The zero-order valence-electron chi connectivity index (χ0n) is 9.85. The summed E-state index contributed by atoms with van der Waals surface area (Å²) in [6.07, 6.45) is 0. The van der Waals surface area contributed by atoms with Crippen molar-refractivity contribution in [3.63, 3.8) is 0 Å². The molecule has 0 heterocycles. The molecule has 14 heavy (non-hydrogen) atoms. The van der Waals surface area contributed by atoms with Crippen LogP contribution in [-0.2, 0) is 11.3 Å². The molecule has 0 saturated heterocycles. The molecular formula is C13H20O. The number of rotatable bonds is 3. The molecule has 0 aliphatic heterocycles. The second kappa shape index (κ2) is 4.61. The quantitative estimate of drug-likeness (QED) is 0.711. The maximum atomic E-state index is 5.19. The summed E-state index contributed by atoms with van der Waals surface area (Å²) in [7, 11) is 1.75. The first-order valence-corrected chi connectivity index (χ1v) is 5.15. The minimum atomic E-state index is 0.601. The minimum absolute atomic E-state index is 0.601. The van der Waals surface area contributed by atoms with Gasteiger partial charge in [-0.25, -0.2) is 0 Å². The number of aryl methyl sites for hydroxylation is 2. The fraction of sp³-hybridized carbons (Fsp3) is 0.538. The lowest BCUT2D eigenvalue weighted by molar-refractivity contribution is 0.184. The van der Waals surface area contributed by atoms with Crippen LogP contribution in [0.5, 0.6) is 0 Å². The fourth-order valence-corrected chi connectivity index (χ4v) is 1.73. The molecule has 0 fully saturated rings. The van der Waals surface area contributed by atoms with Gasteiger partial charge >= 0.3 is 0 Å². The fourth-order valence-electron chi connectivity index (χ4n) is 1.73. The van der Waals surface area contributed by atoms with E-state index in [-0.39, 0.29) is 0 Å². The first-order chi connectivity index (χ1) is 6.56. The highest BCUT2D eigenvalue weighted by Crippen LogP contribution is 2.22. The summed E-state index contributed by atoms with van der Waals surface area (Å²) >= 11 is 0. The molecule has 1 aromatic rings. The zero-order valence-corrected chi connectivity index (χ0v) is 9.85. The van der Waals surface area contributed by atoms with Gasteiger partial charge in [-0.2, -0.15) is 0 Å². The molecule has 1 heteroatoms. The molecule has 0 spiro atoms. The first kappa shape index (κ1) is 11.3. The third kappa shape index (κ3) is 2.36. The highest BCUT2D eigenvalue weighted by molar-refractivity contribution is 5.38. The Bertz CT molecular complexity index is 290. The Morgan fingerprint density at radius 1 is 1.14 bits per heavy atom. The third-order valence-electron chi connectivity index (χ3n) is 2.67. The van der Waals surface area contributed by atoms with Crippen molar-refractivity contribution in [2.75, 3.05) is 7.11 Å². The van der Waals surface area contributed by atoms with Crippen LogP contribution >= 0.6 is 0 Å². The highest BCUT2D eigenvalue weighted by atomic mass is 16.5. The predicted molar refractivity (Wildman–Crippen MR) is 60.7 cm³/mol. The molecule has 1 rings (SSSR count). The number of methoxy groups -OCH3 is 1. The average molecular weight is 192 g/mol. The van der Waals surface area contributed by atoms with Crippen LogP contribution in [0.15, 0.2) is 12.1 Å². The summed E-state index contributed by atoms with van der Waals surface area (Å²) in [6.45, 7) is 9.49. The molecule has 1 nitrogen and oxygen atoms in total. The van der Waals surface area contributed by atoms with E-state index in [0.29, 0.717) is 5.92 Å². The van der Waals surface area contributed by atoms with Crippen molar-refractivity contribution >= 4 is 0 Å². The largest absolute Gasteiger partial charge is 0.380 e. The highest BCUT2D eigenvalue weighted by Gasteiger charge is 2.06. The first-order valence-electron chi connectivity index (χ1n) is 5.15. The molecule has 0 aliphatic carbocycles. The standard InChI is InChI=1S/C13H20O/c1-9(2)12-6-10(3)13(8-14-5)11(4)7-12/h6-7,9H,8H2,1-5H3. The molecule has 0 N–H and O–H groups in total. The zero-order chi connectivity index (χ0) is 10.7. The van der Waals surface area contributed by atoms with Crippen molar-refractivity contribution in [2.45, 2.75) is 40.2 Å². The minimum Gasteiger partial charge on any atom is -0.380 e. The SMILES string of the molecule is COCc1c(C)cc(C(C)C)cc1C. The Morgan fingerprint density at radius 3 is 2.00 bits per heavy atom. The van der Waals surface area contributed by atoms with E-state index in [4.69, 9.17) is 4.74 Å². The van der Waals surface area contributed by atoms with E-state index in [2.05, 4.69) is 39.8 Å². The Labute approximate surface area is 87.1 Å². The van der Waals surface area contributed by atoms with E-state index in [1.54, 1.807) is 7.11 Å². The van der Waals surface area contributed by atoms with Gasteiger partial charge in [0.25, 0.3) is 0 Å². The number of benzene rings is 1. The van der Waals surface area contributed by atoms with E-state index >= 15 is 0 Å². The lowest BCUT2D eigenvalue weighted by Gasteiger charge is -2.13. The molecule has 78 valence electrons. The molecule has 0 saturated carbocycles. The Balaban J connectivity index is 3.11. The summed E-state index contributed by atoms with van der Waals surface area (Å²) in [5, 5.41) is 0. The predicted octanol–water partition coefficient (Wildman–Crippen LogP) is 3.57. The lowest BCUT2D eigenvalue weighted by atomic mass is 9.94. The summed E-state index contributed by atoms with van der Waals surface area (Å²) < 4.78 is 5.19. The van der Waals surface area contributed by atoms with Crippen molar-refractivity contribution in [3.8, 4) is 0 Å². The van der Waals surface area contributed by atoms with Crippen molar-refractivity contribution in [2.24, 2.45) is 0 Å². The Kier molecular flexibility index (Phi) is 3.70.